The van der Waals surface area contributed by atoms with Gasteiger partial charge in [-0.25, -0.2) is 17.9 Å². The maximum atomic E-state index is 12.6. The summed E-state index contributed by atoms with van der Waals surface area (Å²) in [4.78, 5) is 11.7. The molecular formula is C15H23ClN2O4S. The zero-order valence-corrected chi connectivity index (χ0v) is 15.1. The zero-order chi connectivity index (χ0) is 16.3. The van der Waals surface area contributed by atoms with Crippen LogP contribution in [0, 0.1) is 6.92 Å². The number of halogens is 1. The molecule has 23 heavy (non-hydrogen) atoms. The summed E-state index contributed by atoms with van der Waals surface area (Å²) in [5.41, 5.74) is 0.819. The molecule has 0 spiro atoms. The minimum Gasteiger partial charge on any atom is -0.465 e. The van der Waals surface area contributed by atoms with Crippen LogP contribution in [0.15, 0.2) is 23.1 Å². The van der Waals surface area contributed by atoms with Crippen molar-refractivity contribution in [2.24, 2.45) is 0 Å². The molecule has 1 heterocycles. The fourth-order valence-corrected chi connectivity index (χ4v) is 4.22. The molecule has 6 nitrogen and oxygen atoms in total. The number of hydrogen-bond donors (Lipinski definition) is 2. The summed E-state index contributed by atoms with van der Waals surface area (Å²) in [6, 6.07) is 4.46. The standard InChI is InChI=1S/C15H22N2O4S.ClH/c1-10-6-7-12(15(18)21-3)9-14(10)22(19,20)17-13-5-4-8-16-11(13)2;/h6-7,9,11,13,16-17H,4-5,8H2,1-3H3;1H. The fourth-order valence-electron chi connectivity index (χ4n) is 2.60. The van der Waals surface area contributed by atoms with E-state index < -0.39 is 16.0 Å². The largest absolute Gasteiger partial charge is 0.465 e. The van der Waals surface area contributed by atoms with Crippen molar-refractivity contribution in [1.29, 1.82) is 0 Å². The van der Waals surface area contributed by atoms with E-state index in [1.807, 2.05) is 6.92 Å². The van der Waals surface area contributed by atoms with Gasteiger partial charge in [-0.1, -0.05) is 6.07 Å². The predicted octanol–water partition coefficient (Wildman–Crippen LogP) is 1.62. The van der Waals surface area contributed by atoms with Crippen LogP contribution in [0.3, 0.4) is 0 Å². The molecule has 8 heteroatoms. The van der Waals surface area contributed by atoms with E-state index >= 15 is 0 Å². The average molecular weight is 363 g/mol. The molecule has 0 aliphatic carbocycles. The van der Waals surface area contributed by atoms with E-state index in [1.54, 1.807) is 19.1 Å². The minimum absolute atomic E-state index is 0. The average Bonchev–Trinajstić information content (AvgIpc) is 2.49. The van der Waals surface area contributed by atoms with Crippen molar-refractivity contribution in [3.8, 4) is 0 Å². The van der Waals surface area contributed by atoms with E-state index in [1.165, 1.54) is 13.2 Å². The number of nitrogens with one attached hydrogen (secondary N) is 2. The van der Waals surface area contributed by atoms with Crippen LogP contribution in [-0.2, 0) is 14.8 Å². The van der Waals surface area contributed by atoms with Gasteiger partial charge in [-0.05, 0) is 50.9 Å². The van der Waals surface area contributed by atoms with Gasteiger partial charge in [0.1, 0.15) is 0 Å². The minimum atomic E-state index is -3.69. The first-order valence-electron chi connectivity index (χ1n) is 7.30. The first-order valence-corrected chi connectivity index (χ1v) is 8.78. The number of hydrogen-bond acceptors (Lipinski definition) is 5. The van der Waals surface area contributed by atoms with E-state index in [0.717, 1.165) is 19.4 Å². The molecule has 1 aliphatic heterocycles. The highest BCUT2D eigenvalue weighted by atomic mass is 35.5. The van der Waals surface area contributed by atoms with Crippen LogP contribution in [0.5, 0.6) is 0 Å². The summed E-state index contributed by atoms with van der Waals surface area (Å²) < 4.78 is 32.7. The molecule has 1 aromatic rings. The molecule has 2 rings (SSSR count). The quantitative estimate of drug-likeness (QED) is 0.795. The van der Waals surface area contributed by atoms with E-state index in [2.05, 4.69) is 14.8 Å². The normalized spacial score (nSPS) is 21.3. The highest BCUT2D eigenvalue weighted by Crippen LogP contribution is 2.20. The SMILES string of the molecule is COC(=O)c1ccc(C)c(S(=O)(=O)NC2CCCNC2C)c1.Cl. The number of carbonyl (C=O) groups is 1. The second kappa shape index (κ2) is 8.10. The van der Waals surface area contributed by atoms with Crippen LogP contribution < -0.4 is 10.0 Å². The number of piperidine rings is 1. The second-order valence-electron chi connectivity index (χ2n) is 5.58. The van der Waals surface area contributed by atoms with Crippen LogP contribution in [0.25, 0.3) is 0 Å². The Morgan fingerprint density at radius 1 is 1.39 bits per heavy atom. The highest BCUT2D eigenvalue weighted by molar-refractivity contribution is 7.89. The maximum Gasteiger partial charge on any atom is 0.337 e. The zero-order valence-electron chi connectivity index (χ0n) is 13.5. The monoisotopic (exact) mass is 362 g/mol. The van der Waals surface area contributed by atoms with Gasteiger partial charge in [0.25, 0.3) is 0 Å². The summed E-state index contributed by atoms with van der Waals surface area (Å²) in [7, 11) is -2.42. The number of sulfonamides is 1. The van der Waals surface area contributed by atoms with Crippen LogP contribution in [-0.4, -0.2) is 40.1 Å². The van der Waals surface area contributed by atoms with Crippen molar-refractivity contribution in [1.82, 2.24) is 10.0 Å². The van der Waals surface area contributed by atoms with Gasteiger partial charge in [0, 0.05) is 12.1 Å². The van der Waals surface area contributed by atoms with Gasteiger partial charge < -0.3 is 10.1 Å². The fraction of sp³-hybridized carbons (Fsp3) is 0.533. The first kappa shape index (κ1) is 19.9. The first-order chi connectivity index (χ1) is 10.3. The number of rotatable bonds is 4. The topological polar surface area (TPSA) is 84.5 Å². The Morgan fingerprint density at radius 2 is 2.09 bits per heavy atom. The Kier molecular flexibility index (Phi) is 7.01. The number of benzene rings is 1. The molecule has 2 atom stereocenters. The lowest BCUT2D eigenvalue weighted by molar-refractivity contribution is 0.0600. The van der Waals surface area contributed by atoms with Crippen molar-refractivity contribution < 1.29 is 17.9 Å². The van der Waals surface area contributed by atoms with E-state index in [4.69, 9.17) is 0 Å². The van der Waals surface area contributed by atoms with Crippen molar-refractivity contribution in [2.45, 2.75) is 43.7 Å². The molecule has 0 bridgehead atoms. The predicted molar refractivity (Wildman–Crippen MR) is 90.6 cm³/mol. The third kappa shape index (κ3) is 4.67. The smallest absolute Gasteiger partial charge is 0.337 e. The van der Waals surface area contributed by atoms with Gasteiger partial charge in [0.2, 0.25) is 10.0 Å². The van der Waals surface area contributed by atoms with Crippen LogP contribution in [0.1, 0.15) is 35.7 Å². The van der Waals surface area contributed by atoms with Crippen LogP contribution >= 0.6 is 12.4 Å². The third-order valence-corrected chi connectivity index (χ3v) is 5.60. The van der Waals surface area contributed by atoms with Gasteiger partial charge in [-0.2, -0.15) is 0 Å². The maximum absolute atomic E-state index is 12.6. The van der Waals surface area contributed by atoms with Gasteiger partial charge in [-0.3, -0.25) is 0 Å². The molecule has 130 valence electrons. The van der Waals surface area contributed by atoms with Gasteiger partial charge in [0.05, 0.1) is 17.6 Å². The van der Waals surface area contributed by atoms with Gasteiger partial charge in [-0.15, -0.1) is 12.4 Å². The van der Waals surface area contributed by atoms with Crippen LogP contribution in [0.4, 0.5) is 0 Å². The van der Waals surface area contributed by atoms with Crippen molar-refractivity contribution in [3.05, 3.63) is 29.3 Å². The van der Waals surface area contributed by atoms with E-state index in [0.29, 0.717) is 5.56 Å². The number of ether oxygens (including phenoxy) is 1. The molecule has 1 fully saturated rings. The Labute approximate surface area is 143 Å². The molecule has 0 aromatic heterocycles. The van der Waals surface area contributed by atoms with E-state index in [-0.39, 0.29) is 34.9 Å². The van der Waals surface area contributed by atoms with Crippen molar-refractivity contribution in [3.63, 3.8) is 0 Å². The highest BCUT2D eigenvalue weighted by Gasteiger charge is 2.28. The van der Waals surface area contributed by atoms with E-state index in [9.17, 15) is 13.2 Å². The summed E-state index contributed by atoms with van der Waals surface area (Å²) in [6.45, 7) is 4.57. The Hall–Kier alpha value is -1.15. The van der Waals surface area contributed by atoms with Gasteiger partial charge in [0.15, 0.2) is 0 Å². The molecule has 0 radical (unpaired) electrons. The Bertz CT molecular complexity index is 663. The number of carbonyl (C=O) groups excluding carboxylic acids is 1. The van der Waals surface area contributed by atoms with Gasteiger partial charge >= 0.3 is 5.97 Å². The molecule has 1 aliphatic rings. The lowest BCUT2D eigenvalue weighted by atomic mass is 10.0. The summed E-state index contributed by atoms with van der Waals surface area (Å²) in [5, 5.41) is 3.26. The number of aryl methyl sites for hydroxylation is 1. The van der Waals surface area contributed by atoms with Crippen molar-refractivity contribution in [2.75, 3.05) is 13.7 Å². The van der Waals surface area contributed by atoms with Crippen LogP contribution in [0.2, 0.25) is 0 Å². The Morgan fingerprint density at radius 3 is 2.70 bits per heavy atom. The Balaban J connectivity index is 0.00000264. The molecule has 2 N–H and O–H groups in total. The molecule has 2 unspecified atom stereocenters. The molecule has 1 saturated heterocycles. The molecule has 0 amide bonds. The lowest BCUT2D eigenvalue weighted by Crippen LogP contribution is -2.51. The molecular weight excluding hydrogens is 340 g/mol. The second-order valence-corrected chi connectivity index (χ2v) is 7.27. The third-order valence-electron chi connectivity index (χ3n) is 3.97. The molecule has 0 saturated carbocycles. The number of methoxy groups -OCH3 is 1. The summed E-state index contributed by atoms with van der Waals surface area (Å²) in [5.74, 6) is -0.552. The molecule has 1 aromatic carbocycles. The summed E-state index contributed by atoms with van der Waals surface area (Å²) in [6.07, 6.45) is 1.72. The number of esters is 1. The van der Waals surface area contributed by atoms with Crippen molar-refractivity contribution >= 4 is 28.4 Å². The summed E-state index contributed by atoms with van der Waals surface area (Å²) >= 11 is 0. The lowest BCUT2D eigenvalue weighted by Gasteiger charge is -2.30.